The Morgan fingerprint density at radius 3 is 2.53 bits per heavy atom. The Morgan fingerprint density at radius 2 is 1.87 bits per heavy atom. The predicted octanol–water partition coefficient (Wildman–Crippen LogP) is 4.90. The number of hydrogen-bond donors (Lipinski definition) is 3. The number of halogens is 1. The van der Waals surface area contributed by atoms with Crippen LogP contribution in [0.2, 0.25) is 0 Å². The SMILES string of the molecule is C=C(C)NCC.Fc1cccc(CNc2ncc(-c3ccc4nc[nH]c4c3)cn2)c1. The van der Waals surface area contributed by atoms with Crippen molar-refractivity contribution in [2.24, 2.45) is 0 Å². The van der Waals surface area contributed by atoms with Crippen molar-refractivity contribution in [3.05, 3.63) is 84.8 Å². The highest BCUT2D eigenvalue weighted by molar-refractivity contribution is 5.81. The fourth-order valence-electron chi connectivity index (χ4n) is 2.81. The monoisotopic (exact) mass is 404 g/mol. The molecule has 0 aliphatic carbocycles. The molecule has 0 atom stereocenters. The number of nitrogens with one attached hydrogen (secondary N) is 3. The number of nitrogens with zero attached hydrogens (tertiary/aromatic N) is 3. The number of anilines is 1. The number of hydrogen-bond acceptors (Lipinski definition) is 5. The van der Waals surface area contributed by atoms with E-state index >= 15 is 0 Å². The Balaban J connectivity index is 0.000000377. The Hall–Kier alpha value is -3.74. The number of fused-ring (bicyclic) bond motifs is 1. The van der Waals surface area contributed by atoms with Gasteiger partial charge in [-0.05, 0) is 49.2 Å². The summed E-state index contributed by atoms with van der Waals surface area (Å²) in [5.41, 5.74) is 5.71. The zero-order valence-corrected chi connectivity index (χ0v) is 17.1. The molecule has 2 aromatic heterocycles. The first-order chi connectivity index (χ1) is 14.5. The molecule has 0 saturated heterocycles. The highest BCUT2D eigenvalue weighted by Gasteiger charge is 2.04. The Bertz CT molecular complexity index is 1100. The van der Waals surface area contributed by atoms with E-state index in [0.717, 1.165) is 40.0 Å². The largest absolute Gasteiger partial charge is 0.389 e. The fraction of sp³-hybridized carbons (Fsp3) is 0.174. The van der Waals surface area contributed by atoms with Crippen LogP contribution in [-0.2, 0) is 6.54 Å². The number of rotatable bonds is 6. The first kappa shape index (κ1) is 21.0. The molecule has 30 heavy (non-hydrogen) atoms. The zero-order valence-electron chi connectivity index (χ0n) is 17.1. The summed E-state index contributed by atoms with van der Waals surface area (Å²) >= 11 is 0. The Labute approximate surface area is 175 Å². The Kier molecular flexibility index (Phi) is 7.10. The van der Waals surface area contributed by atoms with Crippen LogP contribution in [0.25, 0.3) is 22.2 Å². The maximum Gasteiger partial charge on any atom is 0.222 e. The van der Waals surface area contributed by atoms with Crippen LogP contribution in [0.5, 0.6) is 0 Å². The molecule has 3 N–H and O–H groups in total. The fourth-order valence-corrected chi connectivity index (χ4v) is 2.81. The molecule has 0 amide bonds. The average Bonchev–Trinajstić information content (AvgIpc) is 3.21. The Morgan fingerprint density at radius 1 is 1.07 bits per heavy atom. The summed E-state index contributed by atoms with van der Waals surface area (Å²) < 4.78 is 13.2. The number of imidazole rings is 1. The lowest BCUT2D eigenvalue weighted by Crippen LogP contribution is -2.07. The van der Waals surface area contributed by atoms with E-state index < -0.39 is 0 Å². The van der Waals surface area contributed by atoms with Crippen molar-refractivity contribution in [3.8, 4) is 11.1 Å². The molecule has 0 fully saturated rings. The number of aromatic nitrogens is 4. The van der Waals surface area contributed by atoms with Crippen molar-refractivity contribution in [2.45, 2.75) is 20.4 Å². The second-order valence-electron chi connectivity index (χ2n) is 6.72. The quantitative estimate of drug-likeness (QED) is 0.426. The molecular formula is C23H25FN6. The molecule has 0 aliphatic rings. The normalized spacial score (nSPS) is 10.2. The molecule has 0 spiro atoms. The van der Waals surface area contributed by atoms with Crippen molar-refractivity contribution in [1.29, 1.82) is 0 Å². The third kappa shape index (κ3) is 5.88. The molecule has 6 nitrogen and oxygen atoms in total. The van der Waals surface area contributed by atoms with E-state index in [1.807, 2.05) is 31.2 Å². The molecule has 7 heteroatoms. The maximum atomic E-state index is 13.2. The van der Waals surface area contributed by atoms with Crippen LogP contribution >= 0.6 is 0 Å². The van der Waals surface area contributed by atoms with Crippen LogP contribution in [0.4, 0.5) is 10.3 Å². The van der Waals surface area contributed by atoms with Gasteiger partial charge in [-0.1, -0.05) is 24.8 Å². The lowest BCUT2D eigenvalue weighted by atomic mass is 10.1. The molecule has 0 aliphatic heterocycles. The summed E-state index contributed by atoms with van der Waals surface area (Å²) in [5, 5.41) is 6.10. The molecule has 0 saturated carbocycles. The van der Waals surface area contributed by atoms with E-state index in [1.165, 1.54) is 12.1 Å². The van der Waals surface area contributed by atoms with Crippen molar-refractivity contribution in [2.75, 3.05) is 11.9 Å². The summed E-state index contributed by atoms with van der Waals surface area (Å²) in [5.74, 6) is 0.255. The summed E-state index contributed by atoms with van der Waals surface area (Å²) in [7, 11) is 0. The van der Waals surface area contributed by atoms with Gasteiger partial charge in [-0.15, -0.1) is 0 Å². The molecule has 0 radical (unpaired) electrons. The van der Waals surface area contributed by atoms with Gasteiger partial charge in [0.25, 0.3) is 0 Å². The molecule has 2 heterocycles. The zero-order chi connectivity index (χ0) is 21.3. The van der Waals surface area contributed by atoms with Gasteiger partial charge in [-0.2, -0.15) is 0 Å². The van der Waals surface area contributed by atoms with E-state index in [-0.39, 0.29) is 5.82 Å². The summed E-state index contributed by atoms with van der Waals surface area (Å²) in [4.78, 5) is 15.9. The number of aromatic amines is 1. The smallest absolute Gasteiger partial charge is 0.222 e. The van der Waals surface area contributed by atoms with Crippen molar-refractivity contribution in [1.82, 2.24) is 25.3 Å². The lowest BCUT2D eigenvalue weighted by molar-refractivity contribution is 0.626. The molecule has 154 valence electrons. The van der Waals surface area contributed by atoms with Crippen molar-refractivity contribution < 1.29 is 4.39 Å². The standard InChI is InChI=1S/C18H14FN5.C5H11N/c19-15-3-1-2-12(6-15)8-20-18-21-9-14(10-22-18)13-4-5-16-17(7-13)24-11-23-16;1-4-6-5(2)3/h1-7,9-11H,8H2,(H,23,24)(H,20,21,22);6H,2,4H2,1,3H3. The summed E-state index contributed by atoms with van der Waals surface area (Å²) in [6.45, 7) is 9.08. The van der Waals surface area contributed by atoms with E-state index in [9.17, 15) is 4.39 Å². The van der Waals surface area contributed by atoms with Crippen LogP contribution in [0, 0.1) is 5.82 Å². The molecule has 4 aromatic rings. The highest BCUT2D eigenvalue weighted by Crippen LogP contribution is 2.22. The van der Waals surface area contributed by atoms with Gasteiger partial charge in [-0.3, -0.25) is 0 Å². The molecule has 0 unspecified atom stereocenters. The van der Waals surface area contributed by atoms with Crippen LogP contribution in [0.15, 0.2) is 73.5 Å². The number of benzene rings is 2. The summed E-state index contributed by atoms with van der Waals surface area (Å²) in [6, 6.07) is 12.4. The predicted molar refractivity (Wildman–Crippen MR) is 119 cm³/mol. The van der Waals surface area contributed by atoms with Gasteiger partial charge in [0.05, 0.1) is 17.4 Å². The number of allylic oxidation sites excluding steroid dienone is 1. The van der Waals surface area contributed by atoms with Crippen LogP contribution < -0.4 is 10.6 Å². The second kappa shape index (κ2) is 10.2. The lowest BCUT2D eigenvalue weighted by Gasteiger charge is -2.06. The van der Waals surface area contributed by atoms with Gasteiger partial charge >= 0.3 is 0 Å². The van der Waals surface area contributed by atoms with E-state index in [1.54, 1.807) is 24.8 Å². The van der Waals surface area contributed by atoms with Gasteiger partial charge in [0, 0.05) is 36.7 Å². The highest BCUT2D eigenvalue weighted by atomic mass is 19.1. The first-order valence-electron chi connectivity index (χ1n) is 9.68. The van der Waals surface area contributed by atoms with Crippen molar-refractivity contribution in [3.63, 3.8) is 0 Å². The van der Waals surface area contributed by atoms with Crippen molar-refractivity contribution >= 4 is 17.0 Å². The minimum absolute atomic E-state index is 0.250. The minimum atomic E-state index is -0.250. The molecular weight excluding hydrogens is 379 g/mol. The molecule has 4 rings (SSSR count). The van der Waals surface area contributed by atoms with Crippen LogP contribution in [0.3, 0.4) is 0 Å². The van der Waals surface area contributed by atoms with E-state index in [0.29, 0.717) is 12.5 Å². The molecule has 0 bridgehead atoms. The van der Waals surface area contributed by atoms with Crippen LogP contribution in [-0.4, -0.2) is 26.5 Å². The first-order valence-corrected chi connectivity index (χ1v) is 9.68. The summed E-state index contributed by atoms with van der Waals surface area (Å²) in [6.07, 6.45) is 5.20. The average molecular weight is 404 g/mol. The van der Waals surface area contributed by atoms with Gasteiger partial charge < -0.3 is 15.6 Å². The van der Waals surface area contributed by atoms with Crippen LogP contribution in [0.1, 0.15) is 19.4 Å². The van der Waals surface area contributed by atoms with Gasteiger partial charge in [0.2, 0.25) is 5.95 Å². The van der Waals surface area contributed by atoms with E-state index in [4.69, 9.17) is 0 Å². The molecule has 2 aromatic carbocycles. The minimum Gasteiger partial charge on any atom is -0.389 e. The third-order valence-corrected chi connectivity index (χ3v) is 4.22. The van der Waals surface area contributed by atoms with Gasteiger partial charge in [0.15, 0.2) is 0 Å². The number of H-pyrrole nitrogens is 1. The van der Waals surface area contributed by atoms with Gasteiger partial charge in [-0.25, -0.2) is 19.3 Å². The van der Waals surface area contributed by atoms with Gasteiger partial charge in [0.1, 0.15) is 5.82 Å². The third-order valence-electron chi connectivity index (χ3n) is 4.22. The second-order valence-corrected chi connectivity index (χ2v) is 6.72. The maximum absolute atomic E-state index is 13.2. The van der Waals surface area contributed by atoms with E-state index in [2.05, 4.69) is 44.1 Å². The topological polar surface area (TPSA) is 78.5 Å².